The zero-order valence-electron chi connectivity index (χ0n) is 14.7. The molecule has 130 valence electrons. The zero-order chi connectivity index (χ0) is 18.3. The Bertz CT molecular complexity index is 1560. The van der Waals surface area contributed by atoms with E-state index >= 15 is 0 Å². The lowest BCUT2D eigenvalue weighted by molar-refractivity contribution is 0.620. The van der Waals surface area contributed by atoms with E-state index in [1.165, 1.54) is 16.3 Å². The molecule has 0 fully saturated rings. The number of thiazole rings is 1. The maximum absolute atomic E-state index is 13.9. The highest BCUT2D eigenvalue weighted by atomic mass is 32.1. The van der Waals surface area contributed by atoms with Crippen molar-refractivity contribution in [2.45, 2.75) is 13.8 Å². The third-order valence-electron chi connectivity index (χ3n) is 5.44. The van der Waals surface area contributed by atoms with Gasteiger partial charge in [-0.25, -0.2) is 9.97 Å². The Morgan fingerprint density at radius 1 is 0.963 bits per heavy atom. The summed E-state index contributed by atoms with van der Waals surface area (Å²) < 4.78 is 16.9. The van der Waals surface area contributed by atoms with Crippen LogP contribution < -0.4 is 0 Å². The summed E-state index contributed by atoms with van der Waals surface area (Å²) in [5.41, 5.74) is 4.77. The fourth-order valence-electron chi connectivity index (χ4n) is 4.20. The summed E-state index contributed by atoms with van der Waals surface area (Å²) in [5, 5.41) is 5.32. The highest BCUT2D eigenvalue weighted by Gasteiger charge is 2.17. The second-order valence-electron chi connectivity index (χ2n) is 7.03. The largest absolute Gasteiger partial charge is 0.294 e. The smallest absolute Gasteiger partial charge is 0.270 e. The summed E-state index contributed by atoms with van der Waals surface area (Å²) in [6.45, 7) is 4.15. The van der Waals surface area contributed by atoms with Crippen molar-refractivity contribution in [3.8, 4) is 0 Å². The van der Waals surface area contributed by atoms with Crippen molar-refractivity contribution in [2.75, 3.05) is 0 Å². The third-order valence-corrected chi connectivity index (χ3v) is 6.25. The van der Waals surface area contributed by atoms with Gasteiger partial charge in [-0.3, -0.25) is 4.40 Å². The standard InChI is InChI=1S/C22H14FN3S/c1-11-4-3-5-13-8-17-16(9-15(11)13)14-6-7-18-19(25-22(23)27-18)20(14)26-12(2)10-24-21(17)26/h3-10H,1-2H3. The van der Waals surface area contributed by atoms with Crippen molar-refractivity contribution in [3.05, 3.63) is 65.2 Å². The number of aromatic nitrogens is 3. The van der Waals surface area contributed by atoms with Crippen LogP contribution in [0.5, 0.6) is 0 Å². The van der Waals surface area contributed by atoms with E-state index < -0.39 is 5.26 Å². The third kappa shape index (κ3) is 1.89. The summed E-state index contributed by atoms with van der Waals surface area (Å²) in [5.74, 6) is 0. The van der Waals surface area contributed by atoms with E-state index in [4.69, 9.17) is 0 Å². The van der Waals surface area contributed by atoms with Gasteiger partial charge in [-0.05, 0) is 53.8 Å². The Kier molecular flexibility index (Phi) is 2.80. The van der Waals surface area contributed by atoms with Crippen LogP contribution >= 0.6 is 11.3 Å². The van der Waals surface area contributed by atoms with Crippen LogP contribution in [0.15, 0.2) is 48.7 Å². The first-order valence-corrected chi connectivity index (χ1v) is 9.61. The number of pyridine rings is 1. The minimum absolute atomic E-state index is 0.405. The molecule has 0 spiro atoms. The van der Waals surface area contributed by atoms with Crippen LogP contribution in [0.4, 0.5) is 4.39 Å². The molecule has 0 atom stereocenters. The molecule has 3 heterocycles. The number of aryl methyl sites for hydroxylation is 2. The average molecular weight is 371 g/mol. The Hall–Kier alpha value is -3.05. The molecule has 6 aromatic rings. The number of halogens is 1. The van der Waals surface area contributed by atoms with Gasteiger partial charge in [0, 0.05) is 22.7 Å². The maximum Gasteiger partial charge on any atom is 0.270 e. The van der Waals surface area contributed by atoms with Crippen molar-refractivity contribution in [2.24, 2.45) is 0 Å². The summed E-state index contributed by atoms with van der Waals surface area (Å²) in [7, 11) is 0. The first-order chi connectivity index (χ1) is 13.1. The first-order valence-electron chi connectivity index (χ1n) is 8.80. The SMILES string of the molecule is Cc1cccc2cc3c(cc12)c1ccc2sc(F)nc2c1n1c(C)cnc31. The molecule has 0 aliphatic heterocycles. The number of hydrogen-bond donors (Lipinski definition) is 0. The van der Waals surface area contributed by atoms with Gasteiger partial charge < -0.3 is 0 Å². The molecule has 0 unspecified atom stereocenters. The van der Waals surface area contributed by atoms with Gasteiger partial charge in [-0.2, -0.15) is 4.39 Å². The van der Waals surface area contributed by atoms with Crippen LogP contribution in [0.25, 0.3) is 48.3 Å². The molecule has 0 aliphatic rings. The molecule has 3 aromatic carbocycles. The van der Waals surface area contributed by atoms with Gasteiger partial charge in [0.15, 0.2) is 0 Å². The number of imidazole rings is 1. The van der Waals surface area contributed by atoms with Crippen molar-refractivity contribution in [1.82, 2.24) is 14.4 Å². The van der Waals surface area contributed by atoms with E-state index in [0.717, 1.165) is 49.1 Å². The van der Waals surface area contributed by atoms with E-state index in [-0.39, 0.29) is 0 Å². The molecule has 0 saturated carbocycles. The Labute approximate surface area is 157 Å². The fourth-order valence-corrected chi connectivity index (χ4v) is 4.89. The minimum atomic E-state index is -0.405. The van der Waals surface area contributed by atoms with E-state index in [1.54, 1.807) is 0 Å². The predicted molar refractivity (Wildman–Crippen MR) is 110 cm³/mol. The van der Waals surface area contributed by atoms with Gasteiger partial charge in [-0.1, -0.05) is 35.6 Å². The van der Waals surface area contributed by atoms with Crippen molar-refractivity contribution in [3.63, 3.8) is 0 Å². The van der Waals surface area contributed by atoms with Crippen molar-refractivity contribution >= 4 is 59.6 Å². The van der Waals surface area contributed by atoms with Gasteiger partial charge in [0.25, 0.3) is 5.26 Å². The van der Waals surface area contributed by atoms with Gasteiger partial charge in [0.2, 0.25) is 0 Å². The van der Waals surface area contributed by atoms with Crippen molar-refractivity contribution in [1.29, 1.82) is 0 Å². The lowest BCUT2D eigenvalue weighted by Crippen LogP contribution is -1.95. The summed E-state index contributed by atoms with van der Waals surface area (Å²) in [4.78, 5) is 8.89. The van der Waals surface area contributed by atoms with Crippen LogP contribution in [0, 0.1) is 19.1 Å². The zero-order valence-corrected chi connectivity index (χ0v) is 15.6. The molecule has 0 aliphatic carbocycles. The van der Waals surface area contributed by atoms with Crippen LogP contribution in [-0.4, -0.2) is 14.4 Å². The Morgan fingerprint density at radius 3 is 2.74 bits per heavy atom. The van der Waals surface area contributed by atoms with Gasteiger partial charge in [0.1, 0.15) is 11.2 Å². The molecule has 3 nitrogen and oxygen atoms in total. The minimum Gasteiger partial charge on any atom is -0.294 e. The summed E-state index contributed by atoms with van der Waals surface area (Å²) >= 11 is 1.08. The van der Waals surface area contributed by atoms with Gasteiger partial charge >= 0.3 is 0 Å². The predicted octanol–water partition coefficient (Wildman–Crippen LogP) is 6.16. The van der Waals surface area contributed by atoms with E-state index in [9.17, 15) is 4.39 Å². The van der Waals surface area contributed by atoms with E-state index in [2.05, 4.69) is 57.7 Å². The first kappa shape index (κ1) is 15.1. The monoisotopic (exact) mass is 371 g/mol. The lowest BCUT2D eigenvalue weighted by atomic mass is 9.98. The van der Waals surface area contributed by atoms with Crippen LogP contribution in [0.1, 0.15) is 11.3 Å². The highest BCUT2D eigenvalue weighted by molar-refractivity contribution is 7.17. The number of nitrogens with zero attached hydrogens (tertiary/aromatic N) is 3. The highest BCUT2D eigenvalue weighted by Crippen LogP contribution is 2.37. The summed E-state index contributed by atoms with van der Waals surface area (Å²) in [6, 6.07) is 14.9. The molecule has 0 amide bonds. The Morgan fingerprint density at radius 2 is 1.85 bits per heavy atom. The van der Waals surface area contributed by atoms with E-state index in [0.29, 0.717) is 5.52 Å². The molecule has 5 heteroatoms. The Balaban J connectivity index is 2.00. The molecular weight excluding hydrogens is 357 g/mol. The number of hydrogen-bond acceptors (Lipinski definition) is 3. The molecule has 0 radical (unpaired) electrons. The fraction of sp³-hybridized carbons (Fsp3) is 0.0909. The molecule has 3 aromatic heterocycles. The molecule has 0 N–H and O–H groups in total. The normalized spacial score (nSPS) is 12.3. The maximum atomic E-state index is 13.9. The van der Waals surface area contributed by atoms with Crippen LogP contribution in [0.2, 0.25) is 0 Å². The second-order valence-corrected chi connectivity index (χ2v) is 8.01. The average Bonchev–Trinajstić information content (AvgIpc) is 3.23. The number of benzene rings is 3. The van der Waals surface area contributed by atoms with Gasteiger partial charge in [-0.15, -0.1) is 0 Å². The molecule has 27 heavy (non-hydrogen) atoms. The van der Waals surface area contributed by atoms with E-state index in [1.807, 2.05) is 19.2 Å². The molecular formula is C22H14FN3S. The second kappa shape index (κ2) is 5.02. The van der Waals surface area contributed by atoms with Crippen LogP contribution in [-0.2, 0) is 0 Å². The molecule has 6 rings (SSSR count). The van der Waals surface area contributed by atoms with Crippen LogP contribution in [0.3, 0.4) is 0 Å². The van der Waals surface area contributed by atoms with Crippen molar-refractivity contribution < 1.29 is 4.39 Å². The molecule has 0 saturated heterocycles. The lowest BCUT2D eigenvalue weighted by Gasteiger charge is -2.12. The topological polar surface area (TPSA) is 30.2 Å². The van der Waals surface area contributed by atoms with Gasteiger partial charge in [0.05, 0.1) is 10.2 Å². The number of fused-ring (bicyclic) bond motifs is 9. The quantitative estimate of drug-likeness (QED) is 0.236. The number of rotatable bonds is 0. The molecule has 0 bridgehead atoms. The summed E-state index contributed by atoms with van der Waals surface area (Å²) in [6.07, 6.45) is 1.87.